The van der Waals surface area contributed by atoms with Gasteiger partial charge in [-0.1, -0.05) is 78.9 Å². The maximum absolute atomic E-state index is 9.64. The number of hydrogen-bond donors (Lipinski definition) is 0. The van der Waals surface area contributed by atoms with E-state index in [1.54, 1.807) is 0 Å². The van der Waals surface area contributed by atoms with Gasteiger partial charge in [0.15, 0.2) is 5.69 Å². The van der Waals surface area contributed by atoms with Gasteiger partial charge in [-0.3, -0.25) is 0 Å². The smallest absolute Gasteiger partial charge is 0.194 e. The Morgan fingerprint density at radius 3 is 1.60 bits per heavy atom. The molecule has 0 saturated heterocycles. The monoisotopic (exact) mass is 534 g/mol. The predicted octanol–water partition coefficient (Wildman–Crippen LogP) is 9.97. The number of para-hydroxylation sites is 4. The standard InChI is InChI=1S/C38H22N4/c1-40-34-14-6-2-10-29(34)26-21-27(41-35-15-7-3-11-30(35)31-12-4-8-16-36(31)41)23-28(22-26)42-37-17-9-5-13-32(37)33-20-25(24-39)18-19-38(33)42/h2-23H. The Hall–Kier alpha value is -6.10. The van der Waals surface area contributed by atoms with Crippen LogP contribution in [0.4, 0.5) is 5.69 Å². The molecule has 4 nitrogen and oxygen atoms in total. The number of nitrogens with zero attached hydrogens (tertiary/aromatic N) is 4. The predicted molar refractivity (Wildman–Crippen MR) is 172 cm³/mol. The van der Waals surface area contributed by atoms with Crippen molar-refractivity contribution in [2.75, 3.05) is 0 Å². The molecular weight excluding hydrogens is 512 g/mol. The summed E-state index contributed by atoms with van der Waals surface area (Å²) in [6.45, 7) is 7.88. The van der Waals surface area contributed by atoms with Gasteiger partial charge in [-0.15, -0.1) is 0 Å². The van der Waals surface area contributed by atoms with Crippen LogP contribution in [0.2, 0.25) is 0 Å². The van der Waals surface area contributed by atoms with E-state index in [1.165, 1.54) is 10.8 Å². The molecule has 42 heavy (non-hydrogen) atoms. The molecule has 0 N–H and O–H groups in total. The quantitative estimate of drug-likeness (QED) is 0.208. The lowest BCUT2D eigenvalue weighted by Gasteiger charge is -2.16. The third kappa shape index (κ3) is 3.47. The first-order valence-electron chi connectivity index (χ1n) is 13.8. The van der Waals surface area contributed by atoms with Crippen LogP contribution in [0.15, 0.2) is 133 Å². The fourth-order valence-corrected chi connectivity index (χ4v) is 6.35. The van der Waals surface area contributed by atoms with Crippen LogP contribution in [0, 0.1) is 17.9 Å². The number of nitriles is 1. The average molecular weight is 535 g/mol. The van der Waals surface area contributed by atoms with Crippen molar-refractivity contribution in [3.8, 4) is 28.6 Å². The number of hydrogen-bond acceptors (Lipinski definition) is 1. The maximum Gasteiger partial charge on any atom is 0.194 e. The van der Waals surface area contributed by atoms with E-state index in [2.05, 4.69) is 105 Å². The number of rotatable bonds is 3. The lowest BCUT2D eigenvalue weighted by molar-refractivity contribution is 1.13. The van der Waals surface area contributed by atoms with Gasteiger partial charge in [0, 0.05) is 32.9 Å². The third-order valence-corrected chi connectivity index (χ3v) is 8.14. The van der Waals surface area contributed by atoms with Crippen LogP contribution in [0.25, 0.3) is 71.0 Å². The highest BCUT2D eigenvalue weighted by atomic mass is 15.0. The topological polar surface area (TPSA) is 38.0 Å². The summed E-state index contributed by atoms with van der Waals surface area (Å²) in [7, 11) is 0. The molecule has 8 aromatic rings. The van der Waals surface area contributed by atoms with Gasteiger partial charge < -0.3 is 9.13 Å². The van der Waals surface area contributed by atoms with Crippen molar-refractivity contribution in [1.82, 2.24) is 9.13 Å². The van der Waals surface area contributed by atoms with Gasteiger partial charge in [0.1, 0.15) is 0 Å². The molecule has 0 radical (unpaired) electrons. The summed E-state index contributed by atoms with van der Waals surface area (Å²) in [4.78, 5) is 3.86. The normalized spacial score (nSPS) is 11.3. The molecule has 4 heteroatoms. The summed E-state index contributed by atoms with van der Waals surface area (Å²) >= 11 is 0. The van der Waals surface area contributed by atoms with Crippen molar-refractivity contribution in [2.45, 2.75) is 0 Å². The van der Waals surface area contributed by atoms with Gasteiger partial charge in [-0.2, -0.15) is 5.26 Å². The van der Waals surface area contributed by atoms with E-state index < -0.39 is 0 Å². The zero-order valence-electron chi connectivity index (χ0n) is 22.5. The third-order valence-electron chi connectivity index (χ3n) is 8.14. The van der Waals surface area contributed by atoms with Crippen molar-refractivity contribution < 1.29 is 0 Å². The van der Waals surface area contributed by atoms with Crippen LogP contribution in [0.5, 0.6) is 0 Å². The van der Waals surface area contributed by atoms with Gasteiger partial charge in [-0.25, -0.2) is 4.85 Å². The highest BCUT2D eigenvalue weighted by Gasteiger charge is 2.18. The van der Waals surface area contributed by atoms with Crippen LogP contribution in [0.1, 0.15) is 5.56 Å². The van der Waals surface area contributed by atoms with Gasteiger partial charge in [0.05, 0.1) is 40.3 Å². The summed E-state index contributed by atoms with van der Waals surface area (Å²) in [6, 6.07) is 47.9. The molecule has 0 aliphatic rings. The first kappa shape index (κ1) is 23.8. The lowest BCUT2D eigenvalue weighted by atomic mass is 10.0. The zero-order chi connectivity index (χ0) is 28.2. The van der Waals surface area contributed by atoms with Crippen molar-refractivity contribution in [1.29, 1.82) is 5.26 Å². The Kier molecular flexibility index (Phi) is 5.22. The molecule has 0 saturated carbocycles. The fourth-order valence-electron chi connectivity index (χ4n) is 6.35. The summed E-state index contributed by atoms with van der Waals surface area (Å²) in [5.41, 5.74) is 9.45. The molecule has 0 bridgehead atoms. The first-order chi connectivity index (χ1) is 20.7. The summed E-state index contributed by atoms with van der Waals surface area (Å²) in [5, 5.41) is 14.2. The molecule has 8 rings (SSSR count). The molecule has 0 unspecified atom stereocenters. The Morgan fingerprint density at radius 1 is 0.524 bits per heavy atom. The number of aromatic nitrogens is 2. The van der Waals surface area contributed by atoms with Gasteiger partial charge in [0.2, 0.25) is 0 Å². The minimum atomic E-state index is 0.615. The van der Waals surface area contributed by atoms with E-state index in [0.717, 1.165) is 55.3 Å². The molecule has 2 heterocycles. The molecule has 0 fully saturated rings. The van der Waals surface area contributed by atoms with Crippen molar-refractivity contribution in [3.63, 3.8) is 0 Å². The van der Waals surface area contributed by atoms with E-state index in [9.17, 15) is 5.26 Å². The maximum atomic E-state index is 9.64. The average Bonchev–Trinajstić information content (AvgIpc) is 3.57. The minimum absolute atomic E-state index is 0.615. The summed E-state index contributed by atoms with van der Waals surface area (Å²) in [6.07, 6.45) is 0. The SMILES string of the molecule is [C-]#[N+]c1ccccc1-c1cc(-n2c3ccccc3c3ccccc32)cc(-n2c3ccccc3c3cc(C#N)ccc32)c1. The van der Waals surface area contributed by atoms with Gasteiger partial charge >= 0.3 is 0 Å². The molecule has 0 atom stereocenters. The van der Waals surface area contributed by atoms with E-state index >= 15 is 0 Å². The molecule has 0 aliphatic heterocycles. The van der Waals surface area contributed by atoms with E-state index in [-0.39, 0.29) is 0 Å². The zero-order valence-corrected chi connectivity index (χ0v) is 22.5. The van der Waals surface area contributed by atoms with Crippen LogP contribution in [0.3, 0.4) is 0 Å². The van der Waals surface area contributed by atoms with E-state index in [0.29, 0.717) is 11.3 Å². The second kappa shape index (κ2) is 9.24. The highest BCUT2D eigenvalue weighted by Crippen LogP contribution is 2.39. The Bertz CT molecular complexity index is 2390. The van der Waals surface area contributed by atoms with Gasteiger partial charge in [-0.05, 0) is 65.7 Å². The van der Waals surface area contributed by atoms with E-state index in [4.69, 9.17) is 6.57 Å². The number of benzene rings is 6. The van der Waals surface area contributed by atoms with Crippen LogP contribution >= 0.6 is 0 Å². The second-order valence-electron chi connectivity index (χ2n) is 10.4. The number of fused-ring (bicyclic) bond motifs is 6. The second-order valence-corrected chi connectivity index (χ2v) is 10.4. The van der Waals surface area contributed by atoms with Crippen LogP contribution < -0.4 is 0 Å². The Morgan fingerprint density at radius 2 is 1.02 bits per heavy atom. The Balaban J connectivity index is 1.52. The van der Waals surface area contributed by atoms with Gasteiger partial charge in [0.25, 0.3) is 0 Å². The Labute approximate surface area is 242 Å². The molecule has 0 amide bonds. The van der Waals surface area contributed by atoms with Crippen LogP contribution in [-0.2, 0) is 0 Å². The van der Waals surface area contributed by atoms with Crippen LogP contribution in [-0.4, -0.2) is 9.13 Å². The van der Waals surface area contributed by atoms with Crippen molar-refractivity contribution in [2.24, 2.45) is 0 Å². The molecule has 0 aliphatic carbocycles. The molecule has 2 aromatic heterocycles. The molecule has 194 valence electrons. The highest BCUT2D eigenvalue weighted by molar-refractivity contribution is 6.11. The first-order valence-corrected chi connectivity index (χ1v) is 13.8. The minimum Gasteiger partial charge on any atom is -0.309 e. The summed E-state index contributed by atoms with van der Waals surface area (Å²) < 4.78 is 4.59. The fraction of sp³-hybridized carbons (Fsp3) is 0. The molecule has 6 aromatic carbocycles. The van der Waals surface area contributed by atoms with Crippen molar-refractivity contribution in [3.05, 3.63) is 150 Å². The molecule has 0 spiro atoms. The van der Waals surface area contributed by atoms with E-state index in [1.807, 2.05) is 48.5 Å². The summed E-state index contributed by atoms with van der Waals surface area (Å²) in [5.74, 6) is 0. The largest absolute Gasteiger partial charge is 0.309 e. The lowest BCUT2D eigenvalue weighted by Crippen LogP contribution is -2.00. The van der Waals surface area contributed by atoms with Crippen molar-refractivity contribution >= 4 is 49.3 Å². The molecular formula is C38H22N4.